The number of carbonyl (C=O) groups excluding carboxylic acids is 1. The van der Waals surface area contributed by atoms with Gasteiger partial charge in [0, 0.05) is 17.5 Å². The van der Waals surface area contributed by atoms with Gasteiger partial charge in [-0.15, -0.1) is 11.3 Å². The van der Waals surface area contributed by atoms with Gasteiger partial charge in [-0.05, 0) is 18.1 Å². The van der Waals surface area contributed by atoms with E-state index in [-0.39, 0.29) is 5.91 Å². The minimum atomic E-state index is -0.0346. The van der Waals surface area contributed by atoms with Crippen molar-refractivity contribution in [1.29, 1.82) is 0 Å². The minimum absolute atomic E-state index is 0.0346. The first-order chi connectivity index (χ1) is 11.2. The maximum absolute atomic E-state index is 12.0. The van der Waals surface area contributed by atoms with E-state index in [1.165, 1.54) is 22.5 Å². The average molecular weight is 322 g/mol. The molecule has 0 fully saturated rings. The largest absolute Gasteiger partial charge is 0.302 e. The van der Waals surface area contributed by atoms with E-state index in [9.17, 15) is 4.79 Å². The number of aryl methyl sites for hydroxylation is 1. The third-order valence-electron chi connectivity index (χ3n) is 3.47. The molecule has 0 atom stereocenters. The van der Waals surface area contributed by atoms with Crippen molar-refractivity contribution in [3.8, 4) is 0 Å². The van der Waals surface area contributed by atoms with Crippen molar-refractivity contribution < 1.29 is 4.79 Å². The molecule has 0 aliphatic heterocycles. The Morgan fingerprint density at radius 2 is 1.87 bits per heavy atom. The Kier molecular flexibility index (Phi) is 4.83. The first-order valence-corrected chi connectivity index (χ1v) is 8.35. The van der Waals surface area contributed by atoms with Crippen LogP contribution in [0, 0.1) is 6.92 Å². The zero-order chi connectivity index (χ0) is 16.1. The zero-order valence-corrected chi connectivity index (χ0v) is 13.8. The topological polar surface area (TPSA) is 42.0 Å². The van der Waals surface area contributed by atoms with Gasteiger partial charge in [-0.25, -0.2) is 4.98 Å². The van der Waals surface area contributed by atoms with E-state index in [1.54, 1.807) is 0 Å². The molecule has 23 heavy (non-hydrogen) atoms. The summed E-state index contributed by atoms with van der Waals surface area (Å²) in [4.78, 5) is 17.5. The number of anilines is 1. The highest BCUT2D eigenvalue weighted by molar-refractivity contribution is 7.15. The molecule has 1 aromatic heterocycles. The van der Waals surface area contributed by atoms with Crippen LogP contribution in [0.1, 0.15) is 21.6 Å². The third kappa shape index (κ3) is 4.50. The fourth-order valence-electron chi connectivity index (χ4n) is 2.42. The van der Waals surface area contributed by atoms with Crippen LogP contribution in [-0.4, -0.2) is 10.9 Å². The summed E-state index contributed by atoms with van der Waals surface area (Å²) in [5.41, 5.74) is 3.51. The molecule has 0 aliphatic rings. The van der Waals surface area contributed by atoms with Gasteiger partial charge in [0.2, 0.25) is 5.91 Å². The van der Waals surface area contributed by atoms with Crippen LogP contribution < -0.4 is 5.32 Å². The molecule has 0 bridgehead atoms. The third-order valence-corrected chi connectivity index (χ3v) is 4.38. The van der Waals surface area contributed by atoms with Gasteiger partial charge in [0.1, 0.15) is 0 Å². The van der Waals surface area contributed by atoms with Gasteiger partial charge in [0.25, 0.3) is 0 Å². The van der Waals surface area contributed by atoms with Gasteiger partial charge in [-0.3, -0.25) is 4.79 Å². The number of amides is 1. The van der Waals surface area contributed by atoms with Crippen molar-refractivity contribution in [2.45, 2.75) is 19.8 Å². The monoisotopic (exact) mass is 322 g/mol. The van der Waals surface area contributed by atoms with Crippen molar-refractivity contribution in [3.05, 3.63) is 82.4 Å². The van der Waals surface area contributed by atoms with Crippen LogP contribution >= 0.6 is 11.3 Å². The average Bonchev–Trinajstić information content (AvgIpc) is 2.95. The van der Waals surface area contributed by atoms with Gasteiger partial charge >= 0.3 is 0 Å². The standard InChI is InChI=1S/C19H18N2OS/c1-14-6-5-9-16(10-14)11-17-13-20-19(23-17)21-18(22)12-15-7-3-2-4-8-15/h2-10,13H,11-12H2,1H3,(H,20,21,22). The summed E-state index contributed by atoms with van der Waals surface area (Å²) < 4.78 is 0. The van der Waals surface area contributed by atoms with Gasteiger partial charge < -0.3 is 5.32 Å². The minimum Gasteiger partial charge on any atom is -0.302 e. The summed E-state index contributed by atoms with van der Waals surface area (Å²) in [6, 6.07) is 18.2. The number of benzene rings is 2. The predicted molar refractivity (Wildman–Crippen MR) is 94.9 cm³/mol. The Morgan fingerprint density at radius 3 is 2.65 bits per heavy atom. The van der Waals surface area contributed by atoms with Gasteiger partial charge in [0.05, 0.1) is 6.42 Å². The zero-order valence-electron chi connectivity index (χ0n) is 13.0. The lowest BCUT2D eigenvalue weighted by Crippen LogP contribution is -2.13. The lowest BCUT2D eigenvalue weighted by atomic mass is 10.1. The highest BCUT2D eigenvalue weighted by Gasteiger charge is 2.08. The molecule has 2 aromatic carbocycles. The molecule has 0 aliphatic carbocycles. The first kappa shape index (κ1) is 15.4. The Balaban J connectivity index is 1.60. The van der Waals surface area contributed by atoms with E-state index >= 15 is 0 Å². The predicted octanol–water partition coefficient (Wildman–Crippen LogP) is 4.22. The van der Waals surface area contributed by atoms with Gasteiger partial charge in [-0.2, -0.15) is 0 Å². The number of rotatable bonds is 5. The van der Waals surface area contributed by atoms with Crippen molar-refractivity contribution in [2.24, 2.45) is 0 Å². The maximum Gasteiger partial charge on any atom is 0.230 e. The maximum atomic E-state index is 12.0. The second-order valence-corrected chi connectivity index (χ2v) is 6.62. The summed E-state index contributed by atoms with van der Waals surface area (Å²) in [6.07, 6.45) is 3.05. The molecule has 0 radical (unpaired) electrons. The second-order valence-electron chi connectivity index (χ2n) is 5.51. The highest BCUT2D eigenvalue weighted by atomic mass is 32.1. The highest BCUT2D eigenvalue weighted by Crippen LogP contribution is 2.21. The van der Waals surface area contributed by atoms with E-state index in [2.05, 4.69) is 41.5 Å². The summed E-state index contributed by atoms with van der Waals surface area (Å²) in [6.45, 7) is 2.09. The molecule has 3 rings (SSSR count). The molecule has 0 unspecified atom stereocenters. The van der Waals surface area contributed by atoms with E-state index in [0.29, 0.717) is 11.6 Å². The van der Waals surface area contributed by atoms with E-state index < -0.39 is 0 Å². The SMILES string of the molecule is Cc1cccc(Cc2cnc(NC(=O)Cc3ccccc3)s2)c1. The summed E-state index contributed by atoms with van der Waals surface area (Å²) in [7, 11) is 0. The second kappa shape index (κ2) is 7.20. The lowest BCUT2D eigenvalue weighted by Gasteiger charge is -2.02. The van der Waals surface area contributed by atoms with Crippen LogP contribution in [0.25, 0.3) is 0 Å². The summed E-state index contributed by atoms with van der Waals surface area (Å²) >= 11 is 1.53. The molecule has 0 saturated heterocycles. The molecule has 3 nitrogen and oxygen atoms in total. The number of thiazole rings is 1. The van der Waals surface area contributed by atoms with Crippen molar-refractivity contribution >= 4 is 22.4 Å². The smallest absolute Gasteiger partial charge is 0.230 e. The van der Waals surface area contributed by atoms with Crippen LogP contribution in [0.3, 0.4) is 0 Å². The van der Waals surface area contributed by atoms with Crippen molar-refractivity contribution in [3.63, 3.8) is 0 Å². The quantitative estimate of drug-likeness (QED) is 0.764. The Bertz CT molecular complexity index is 796. The lowest BCUT2D eigenvalue weighted by molar-refractivity contribution is -0.115. The fraction of sp³-hybridized carbons (Fsp3) is 0.158. The van der Waals surface area contributed by atoms with Crippen LogP contribution in [0.15, 0.2) is 60.8 Å². The van der Waals surface area contributed by atoms with E-state index in [4.69, 9.17) is 0 Å². The molecule has 0 spiro atoms. The summed E-state index contributed by atoms with van der Waals surface area (Å²) in [5.74, 6) is -0.0346. The molecule has 116 valence electrons. The van der Waals surface area contributed by atoms with Crippen molar-refractivity contribution in [2.75, 3.05) is 5.32 Å². The normalized spacial score (nSPS) is 10.5. The molecule has 0 saturated carbocycles. The fourth-order valence-corrected chi connectivity index (χ4v) is 3.28. The first-order valence-electron chi connectivity index (χ1n) is 7.53. The van der Waals surface area contributed by atoms with Crippen LogP contribution in [0.5, 0.6) is 0 Å². The molecule has 1 amide bonds. The van der Waals surface area contributed by atoms with E-state index in [1.807, 2.05) is 36.5 Å². The Labute approximate surface area is 140 Å². The van der Waals surface area contributed by atoms with E-state index in [0.717, 1.165) is 16.9 Å². The van der Waals surface area contributed by atoms with Crippen LogP contribution in [0.4, 0.5) is 5.13 Å². The van der Waals surface area contributed by atoms with Crippen molar-refractivity contribution in [1.82, 2.24) is 4.98 Å². The number of carbonyl (C=O) groups is 1. The van der Waals surface area contributed by atoms with Gasteiger partial charge in [-0.1, -0.05) is 60.2 Å². The molecular weight excluding hydrogens is 304 g/mol. The molecule has 1 N–H and O–H groups in total. The molecular formula is C19H18N2OS. The number of hydrogen-bond acceptors (Lipinski definition) is 3. The number of nitrogens with zero attached hydrogens (tertiary/aromatic N) is 1. The number of nitrogens with one attached hydrogen (secondary N) is 1. The Morgan fingerprint density at radius 1 is 1.09 bits per heavy atom. The number of aromatic nitrogens is 1. The molecule has 4 heteroatoms. The molecule has 1 heterocycles. The van der Waals surface area contributed by atoms with Crippen LogP contribution in [0.2, 0.25) is 0 Å². The Hall–Kier alpha value is -2.46. The van der Waals surface area contributed by atoms with Gasteiger partial charge in [0.15, 0.2) is 5.13 Å². The molecule has 3 aromatic rings. The summed E-state index contributed by atoms with van der Waals surface area (Å²) in [5, 5.41) is 3.54. The van der Waals surface area contributed by atoms with Crippen LogP contribution in [-0.2, 0) is 17.6 Å². The number of hydrogen-bond donors (Lipinski definition) is 1.